The van der Waals surface area contributed by atoms with Gasteiger partial charge in [0.25, 0.3) is 5.91 Å². The second-order valence-electron chi connectivity index (χ2n) is 5.81. The standard InChI is InChI=1S/C18H18ClN5O/c1-11-5-3-8-15(12(11)2)21-18(25)16-17(20)24(23-22-16)10-13-6-4-7-14(19)9-13/h3-9H,10,20H2,1-2H3,(H,21,25). The largest absolute Gasteiger partial charge is 0.382 e. The summed E-state index contributed by atoms with van der Waals surface area (Å²) in [4.78, 5) is 12.5. The third-order valence-electron chi connectivity index (χ3n) is 4.06. The number of nitrogen functional groups attached to an aromatic ring is 1. The zero-order chi connectivity index (χ0) is 18.0. The van der Waals surface area contributed by atoms with Gasteiger partial charge in [-0.1, -0.05) is 41.1 Å². The normalized spacial score (nSPS) is 10.7. The topological polar surface area (TPSA) is 85.8 Å². The average Bonchev–Trinajstić information content (AvgIpc) is 2.93. The zero-order valence-corrected chi connectivity index (χ0v) is 14.7. The summed E-state index contributed by atoms with van der Waals surface area (Å²) >= 11 is 5.98. The van der Waals surface area contributed by atoms with Crippen LogP contribution in [0.3, 0.4) is 0 Å². The number of hydrogen-bond acceptors (Lipinski definition) is 4. The maximum atomic E-state index is 12.5. The fraction of sp³-hybridized carbons (Fsp3) is 0.167. The van der Waals surface area contributed by atoms with Gasteiger partial charge >= 0.3 is 0 Å². The molecule has 0 spiro atoms. The molecule has 3 N–H and O–H groups in total. The van der Waals surface area contributed by atoms with E-state index in [1.54, 1.807) is 6.07 Å². The molecule has 0 saturated carbocycles. The SMILES string of the molecule is Cc1cccc(NC(=O)c2nnn(Cc3cccc(Cl)c3)c2N)c1C. The first kappa shape index (κ1) is 17.0. The molecule has 3 rings (SSSR count). The van der Waals surface area contributed by atoms with Crippen LogP contribution in [-0.4, -0.2) is 20.9 Å². The second kappa shape index (κ2) is 6.94. The highest BCUT2D eigenvalue weighted by molar-refractivity contribution is 6.30. The highest BCUT2D eigenvalue weighted by Crippen LogP contribution is 2.20. The lowest BCUT2D eigenvalue weighted by Gasteiger charge is -2.09. The summed E-state index contributed by atoms with van der Waals surface area (Å²) in [6.07, 6.45) is 0. The van der Waals surface area contributed by atoms with Gasteiger partial charge in [-0.15, -0.1) is 5.10 Å². The number of nitrogens with one attached hydrogen (secondary N) is 1. The molecule has 0 saturated heterocycles. The molecule has 6 nitrogen and oxygen atoms in total. The van der Waals surface area contributed by atoms with E-state index < -0.39 is 0 Å². The fourth-order valence-corrected chi connectivity index (χ4v) is 2.69. The molecule has 0 bridgehead atoms. The van der Waals surface area contributed by atoms with Gasteiger partial charge in [0.05, 0.1) is 6.54 Å². The molecule has 0 aliphatic heterocycles. The number of carbonyl (C=O) groups excluding carboxylic acids is 1. The predicted molar refractivity (Wildman–Crippen MR) is 98.9 cm³/mol. The van der Waals surface area contributed by atoms with E-state index in [2.05, 4.69) is 15.6 Å². The monoisotopic (exact) mass is 355 g/mol. The number of amides is 1. The molecule has 3 aromatic rings. The lowest BCUT2D eigenvalue weighted by atomic mass is 10.1. The third-order valence-corrected chi connectivity index (χ3v) is 4.30. The summed E-state index contributed by atoms with van der Waals surface area (Å²) in [5.41, 5.74) is 9.90. The van der Waals surface area contributed by atoms with E-state index in [0.717, 1.165) is 22.4 Å². The number of rotatable bonds is 4. The fourth-order valence-electron chi connectivity index (χ4n) is 2.48. The molecule has 2 aromatic carbocycles. The summed E-state index contributed by atoms with van der Waals surface area (Å²) in [5.74, 6) is -0.175. The van der Waals surface area contributed by atoms with Gasteiger partial charge in [0.1, 0.15) is 0 Å². The van der Waals surface area contributed by atoms with Gasteiger partial charge in [-0.05, 0) is 48.7 Å². The van der Waals surface area contributed by atoms with Crippen molar-refractivity contribution >= 4 is 29.0 Å². The van der Waals surface area contributed by atoms with Crippen molar-refractivity contribution in [3.63, 3.8) is 0 Å². The minimum atomic E-state index is -0.386. The van der Waals surface area contributed by atoms with Crippen molar-refractivity contribution in [2.45, 2.75) is 20.4 Å². The smallest absolute Gasteiger partial charge is 0.280 e. The van der Waals surface area contributed by atoms with Crippen LogP contribution in [0, 0.1) is 13.8 Å². The summed E-state index contributed by atoms with van der Waals surface area (Å²) in [7, 11) is 0. The van der Waals surface area contributed by atoms with E-state index in [4.69, 9.17) is 17.3 Å². The number of aromatic nitrogens is 3. The lowest BCUT2D eigenvalue weighted by molar-refractivity contribution is 0.102. The summed E-state index contributed by atoms with van der Waals surface area (Å²) in [6, 6.07) is 13.1. The van der Waals surface area contributed by atoms with Gasteiger partial charge in [0.2, 0.25) is 0 Å². The maximum absolute atomic E-state index is 12.5. The number of aryl methyl sites for hydroxylation is 1. The van der Waals surface area contributed by atoms with Gasteiger partial charge in [-0.3, -0.25) is 4.79 Å². The first-order valence-electron chi connectivity index (χ1n) is 7.76. The Labute approximate surface area is 150 Å². The molecule has 0 aliphatic carbocycles. The van der Waals surface area contributed by atoms with Crippen LogP contribution in [0.4, 0.5) is 11.5 Å². The number of nitrogens with two attached hydrogens (primary N) is 1. The Balaban J connectivity index is 1.80. The van der Waals surface area contributed by atoms with E-state index in [-0.39, 0.29) is 17.4 Å². The number of anilines is 2. The van der Waals surface area contributed by atoms with Gasteiger partial charge in [-0.2, -0.15) is 0 Å². The van der Waals surface area contributed by atoms with Crippen molar-refractivity contribution in [3.8, 4) is 0 Å². The van der Waals surface area contributed by atoms with Crippen molar-refractivity contribution < 1.29 is 4.79 Å². The Morgan fingerprint density at radius 3 is 2.76 bits per heavy atom. The molecule has 0 aliphatic rings. The molecule has 0 radical (unpaired) electrons. The number of carbonyl (C=O) groups is 1. The molecular weight excluding hydrogens is 338 g/mol. The van der Waals surface area contributed by atoms with Crippen LogP contribution in [0.5, 0.6) is 0 Å². The van der Waals surface area contributed by atoms with Crippen molar-refractivity contribution in [2.24, 2.45) is 0 Å². The summed E-state index contributed by atoms with van der Waals surface area (Å²) in [6.45, 7) is 4.32. The van der Waals surface area contributed by atoms with E-state index in [1.807, 2.05) is 50.2 Å². The Kier molecular flexibility index (Phi) is 4.72. The Morgan fingerprint density at radius 2 is 2.00 bits per heavy atom. The van der Waals surface area contributed by atoms with Crippen LogP contribution in [0.25, 0.3) is 0 Å². The van der Waals surface area contributed by atoms with Crippen molar-refractivity contribution in [3.05, 3.63) is 69.9 Å². The van der Waals surface area contributed by atoms with Crippen LogP contribution in [0.2, 0.25) is 5.02 Å². The molecule has 0 atom stereocenters. The first-order chi connectivity index (χ1) is 12.0. The van der Waals surface area contributed by atoms with E-state index in [1.165, 1.54) is 4.68 Å². The quantitative estimate of drug-likeness (QED) is 0.750. The van der Waals surface area contributed by atoms with Crippen molar-refractivity contribution in [2.75, 3.05) is 11.1 Å². The predicted octanol–water partition coefficient (Wildman–Crippen LogP) is 3.43. The molecular formula is C18H18ClN5O. The molecule has 0 fully saturated rings. The van der Waals surface area contributed by atoms with Crippen LogP contribution in [0.1, 0.15) is 27.2 Å². The van der Waals surface area contributed by atoms with Crippen molar-refractivity contribution in [1.29, 1.82) is 0 Å². The zero-order valence-electron chi connectivity index (χ0n) is 14.0. The van der Waals surface area contributed by atoms with Gasteiger partial charge < -0.3 is 11.1 Å². The molecule has 25 heavy (non-hydrogen) atoms. The van der Waals surface area contributed by atoms with E-state index >= 15 is 0 Å². The molecule has 1 amide bonds. The molecule has 7 heteroatoms. The Bertz CT molecular complexity index is 935. The van der Waals surface area contributed by atoms with Gasteiger partial charge in [-0.25, -0.2) is 4.68 Å². The Hall–Kier alpha value is -2.86. The number of halogens is 1. The molecule has 0 unspecified atom stereocenters. The Morgan fingerprint density at radius 1 is 1.24 bits per heavy atom. The molecule has 1 aromatic heterocycles. The van der Waals surface area contributed by atoms with Crippen molar-refractivity contribution in [1.82, 2.24) is 15.0 Å². The van der Waals surface area contributed by atoms with E-state index in [0.29, 0.717) is 11.6 Å². The average molecular weight is 356 g/mol. The maximum Gasteiger partial charge on any atom is 0.280 e. The second-order valence-corrected chi connectivity index (χ2v) is 6.25. The van der Waals surface area contributed by atoms with Crippen LogP contribution in [-0.2, 0) is 6.54 Å². The van der Waals surface area contributed by atoms with Gasteiger partial charge in [0.15, 0.2) is 11.5 Å². The summed E-state index contributed by atoms with van der Waals surface area (Å²) < 4.78 is 1.48. The summed E-state index contributed by atoms with van der Waals surface area (Å²) in [5, 5.41) is 11.4. The molecule has 128 valence electrons. The van der Waals surface area contributed by atoms with Crippen LogP contribution in [0.15, 0.2) is 42.5 Å². The third kappa shape index (κ3) is 3.64. The number of hydrogen-bond donors (Lipinski definition) is 2. The minimum absolute atomic E-state index is 0.0999. The van der Waals surface area contributed by atoms with Gasteiger partial charge in [0, 0.05) is 10.7 Å². The highest BCUT2D eigenvalue weighted by Gasteiger charge is 2.18. The molecule has 1 heterocycles. The van der Waals surface area contributed by atoms with Crippen LogP contribution < -0.4 is 11.1 Å². The van der Waals surface area contributed by atoms with E-state index in [9.17, 15) is 4.79 Å². The highest BCUT2D eigenvalue weighted by atomic mass is 35.5. The number of nitrogens with zero attached hydrogens (tertiary/aromatic N) is 3. The lowest BCUT2D eigenvalue weighted by Crippen LogP contribution is -2.16. The van der Waals surface area contributed by atoms with Crippen LogP contribution >= 0.6 is 11.6 Å². The minimum Gasteiger partial charge on any atom is -0.382 e. The number of benzene rings is 2. The first-order valence-corrected chi connectivity index (χ1v) is 8.14.